The molecule has 0 saturated carbocycles. The van der Waals surface area contributed by atoms with Gasteiger partial charge in [0, 0.05) is 5.56 Å². The Morgan fingerprint density at radius 2 is 1.82 bits per heavy atom. The van der Waals surface area contributed by atoms with Gasteiger partial charge in [0.15, 0.2) is 11.5 Å². The Morgan fingerprint density at radius 1 is 1.00 bits per heavy atom. The van der Waals surface area contributed by atoms with Crippen molar-refractivity contribution in [1.29, 1.82) is 0 Å². The number of hydrogen-bond donors (Lipinski definition) is 1. The maximum atomic E-state index is 13.4. The van der Waals surface area contributed by atoms with Crippen molar-refractivity contribution in [1.82, 2.24) is 5.32 Å². The number of carbonyl (C=O) groups is 1. The average molecular weight is 442 g/mol. The lowest BCUT2D eigenvalue weighted by Gasteiger charge is -2.40. The van der Waals surface area contributed by atoms with Crippen molar-refractivity contribution in [3.8, 4) is 33.8 Å². The molecule has 2 unspecified atom stereocenters. The van der Waals surface area contributed by atoms with Crippen molar-refractivity contribution in [2.75, 3.05) is 13.3 Å². The average Bonchev–Trinajstić information content (AvgIpc) is 3.27. The maximum absolute atomic E-state index is 13.4. The number of ether oxygens (including phenoxy) is 3. The number of para-hydroxylation sites is 1. The van der Waals surface area contributed by atoms with Gasteiger partial charge in [-0.25, -0.2) is 0 Å². The van der Waals surface area contributed by atoms with E-state index in [1.54, 1.807) is 0 Å². The molecule has 33 heavy (non-hydrogen) atoms. The van der Waals surface area contributed by atoms with Gasteiger partial charge in [0.1, 0.15) is 11.5 Å². The van der Waals surface area contributed by atoms with Gasteiger partial charge in [-0.05, 0) is 79.3 Å². The van der Waals surface area contributed by atoms with Gasteiger partial charge in [-0.1, -0.05) is 42.5 Å². The van der Waals surface area contributed by atoms with E-state index in [0.717, 1.165) is 46.7 Å². The molecule has 1 N–H and O–H groups in total. The first-order valence-corrected chi connectivity index (χ1v) is 11.5. The molecule has 0 aromatic heterocycles. The second-order valence-electron chi connectivity index (χ2n) is 9.92. The van der Waals surface area contributed by atoms with Gasteiger partial charge in [-0.3, -0.25) is 4.79 Å². The summed E-state index contributed by atoms with van der Waals surface area (Å²) in [7, 11) is 0. The molecule has 6 rings (SSSR count). The number of esters is 1. The van der Waals surface area contributed by atoms with E-state index in [0.29, 0.717) is 0 Å². The fourth-order valence-corrected chi connectivity index (χ4v) is 5.39. The van der Waals surface area contributed by atoms with Crippen LogP contribution in [0.15, 0.2) is 54.6 Å². The number of benzene rings is 3. The summed E-state index contributed by atoms with van der Waals surface area (Å²) in [5, 5.41) is 3.63. The van der Waals surface area contributed by atoms with Gasteiger partial charge in [-0.2, -0.15) is 0 Å². The summed E-state index contributed by atoms with van der Waals surface area (Å²) in [6, 6.07) is 18.6. The highest BCUT2D eigenvalue weighted by Crippen LogP contribution is 2.51. The van der Waals surface area contributed by atoms with Crippen molar-refractivity contribution in [3.05, 3.63) is 71.3 Å². The highest BCUT2D eigenvalue weighted by atomic mass is 16.7. The molecule has 0 spiro atoms. The highest BCUT2D eigenvalue weighted by Gasteiger charge is 2.42. The van der Waals surface area contributed by atoms with E-state index in [-0.39, 0.29) is 24.7 Å². The minimum absolute atomic E-state index is 0.108. The first-order valence-electron chi connectivity index (χ1n) is 11.5. The fourth-order valence-electron chi connectivity index (χ4n) is 5.39. The quantitative estimate of drug-likeness (QED) is 0.542. The maximum Gasteiger partial charge on any atom is 0.315 e. The molecule has 1 aliphatic carbocycles. The van der Waals surface area contributed by atoms with Crippen LogP contribution in [0.1, 0.15) is 49.4 Å². The Hall–Kier alpha value is -3.31. The van der Waals surface area contributed by atoms with E-state index in [1.165, 1.54) is 16.7 Å². The van der Waals surface area contributed by atoms with Crippen molar-refractivity contribution in [3.63, 3.8) is 0 Å². The van der Waals surface area contributed by atoms with E-state index in [2.05, 4.69) is 35.6 Å². The second-order valence-corrected chi connectivity index (χ2v) is 9.92. The van der Waals surface area contributed by atoms with Crippen molar-refractivity contribution < 1.29 is 19.0 Å². The lowest BCUT2D eigenvalue weighted by Crippen LogP contribution is -2.41. The SMILES string of the molecule is CC(C)(C)OC(=O)C1c2ccccc2-c2cc(-c3cccc4c3OCO4)cc3c2C1NCC3. The number of nitrogens with one attached hydrogen (secondary N) is 1. The lowest BCUT2D eigenvalue weighted by molar-refractivity contribution is -0.157. The second kappa shape index (κ2) is 7.35. The third-order valence-corrected chi connectivity index (χ3v) is 6.62. The number of fused-ring (bicyclic) bond motifs is 3. The smallest absolute Gasteiger partial charge is 0.315 e. The fraction of sp³-hybridized carbons (Fsp3) is 0.321. The molecule has 2 atom stereocenters. The van der Waals surface area contributed by atoms with Crippen LogP contribution in [-0.4, -0.2) is 24.9 Å². The van der Waals surface area contributed by atoms with Crippen LogP contribution in [0.4, 0.5) is 0 Å². The molecule has 5 heteroatoms. The van der Waals surface area contributed by atoms with E-state index >= 15 is 0 Å². The molecular weight excluding hydrogens is 414 g/mol. The van der Waals surface area contributed by atoms with Gasteiger partial charge >= 0.3 is 5.97 Å². The van der Waals surface area contributed by atoms with Gasteiger partial charge in [0.2, 0.25) is 6.79 Å². The molecule has 0 amide bonds. The normalized spacial score (nSPS) is 20.1. The molecule has 3 aromatic carbocycles. The summed E-state index contributed by atoms with van der Waals surface area (Å²) < 4.78 is 17.3. The Bertz CT molecular complexity index is 1270. The third-order valence-electron chi connectivity index (χ3n) is 6.62. The zero-order chi connectivity index (χ0) is 22.7. The molecular formula is C28H27NO4. The van der Waals surface area contributed by atoms with E-state index in [4.69, 9.17) is 14.2 Å². The summed E-state index contributed by atoms with van der Waals surface area (Å²) in [6.45, 7) is 6.82. The van der Waals surface area contributed by atoms with Crippen LogP contribution in [0.5, 0.6) is 11.5 Å². The van der Waals surface area contributed by atoms with Crippen molar-refractivity contribution in [2.45, 2.75) is 44.8 Å². The molecule has 3 aliphatic rings. The summed E-state index contributed by atoms with van der Waals surface area (Å²) in [6.07, 6.45) is 0.905. The molecule has 168 valence electrons. The van der Waals surface area contributed by atoms with E-state index in [1.807, 2.05) is 45.0 Å². The number of hydrogen-bond acceptors (Lipinski definition) is 5. The zero-order valence-corrected chi connectivity index (χ0v) is 19.1. The summed E-state index contributed by atoms with van der Waals surface area (Å²) >= 11 is 0. The van der Waals surface area contributed by atoms with Crippen molar-refractivity contribution in [2.24, 2.45) is 0 Å². The Morgan fingerprint density at radius 3 is 2.67 bits per heavy atom. The third kappa shape index (κ3) is 3.30. The van der Waals surface area contributed by atoms with Gasteiger partial charge < -0.3 is 19.5 Å². The lowest BCUT2D eigenvalue weighted by atomic mass is 9.71. The van der Waals surface area contributed by atoms with Gasteiger partial charge in [0.25, 0.3) is 0 Å². The van der Waals surface area contributed by atoms with Gasteiger partial charge in [-0.15, -0.1) is 0 Å². The number of rotatable bonds is 2. The summed E-state index contributed by atoms with van der Waals surface area (Å²) in [4.78, 5) is 13.4. The largest absolute Gasteiger partial charge is 0.459 e. The van der Waals surface area contributed by atoms with E-state index in [9.17, 15) is 4.79 Å². The van der Waals surface area contributed by atoms with Crippen LogP contribution < -0.4 is 14.8 Å². The molecule has 0 radical (unpaired) electrons. The minimum Gasteiger partial charge on any atom is -0.459 e. The van der Waals surface area contributed by atoms with Crippen LogP contribution >= 0.6 is 0 Å². The summed E-state index contributed by atoms with van der Waals surface area (Å²) in [5.74, 6) is 1.02. The molecule has 2 heterocycles. The number of carbonyl (C=O) groups excluding carboxylic acids is 1. The monoisotopic (exact) mass is 441 g/mol. The van der Waals surface area contributed by atoms with Crippen LogP contribution in [0.2, 0.25) is 0 Å². The molecule has 0 fully saturated rings. The van der Waals surface area contributed by atoms with E-state index < -0.39 is 5.60 Å². The Kier molecular flexibility index (Phi) is 4.53. The minimum atomic E-state index is -0.538. The Labute approximate surface area is 193 Å². The standard InChI is InChI=1S/C28H27NO4/c1-28(2,3)33-27(30)24-20-8-5-4-7-19(20)21-14-17(13-16-11-12-29-25(24)23(16)21)18-9-6-10-22-26(18)32-15-31-22/h4-10,13-14,24-25,29H,11-12,15H2,1-3H3. The molecule has 2 aliphatic heterocycles. The zero-order valence-electron chi connectivity index (χ0n) is 19.1. The highest BCUT2D eigenvalue weighted by molar-refractivity contribution is 5.90. The van der Waals surface area contributed by atoms with Crippen LogP contribution in [0, 0.1) is 0 Å². The van der Waals surface area contributed by atoms with Crippen LogP contribution in [0.3, 0.4) is 0 Å². The predicted molar refractivity (Wildman–Crippen MR) is 126 cm³/mol. The van der Waals surface area contributed by atoms with Crippen molar-refractivity contribution >= 4 is 5.97 Å². The first kappa shape index (κ1) is 20.3. The Balaban J connectivity index is 1.54. The summed E-state index contributed by atoms with van der Waals surface area (Å²) in [5.41, 5.74) is 7.37. The molecule has 5 nitrogen and oxygen atoms in total. The van der Waals surface area contributed by atoms with Gasteiger partial charge in [0.05, 0.1) is 6.04 Å². The molecule has 0 saturated heterocycles. The first-order chi connectivity index (χ1) is 15.9. The van der Waals surface area contributed by atoms with Crippen LogP contribution in [0.25, 0.3) is 22.3 Å². The molecule has 0 bridgehead atoms. The molecule has 3 aromatic rings. The van der Waals surface area contributed by atoms with Crippen LogP contribution in [-0.2, 0) is 16.0 Å². The topological polar surface area (TPSA) is 56.8 Å². The predicted octanol–water partition coefficient (Wildman–Crippen LogP) is 5.38.